The van der Waals surface area contributed by atoms with E-state index in [1.807, 2.05) is 11.9 Å². The maximum atomic E-state index is 12.2. The number of rotatable bonds is 3. The fourth-order valence-corrected chi connectivity index (χ4v) is 3.90. The summed E-state index contributed by atoms with van der Waals surface area (Å²) in [5.74, 6) is 0.188. The summed E-state index contributed by atoms with van der Waals surface area (Å²) in [5.41, 5.74) is 8.64. The van der Waals surface area contributed by atoms with Gasteiger partial charge >= 0.3 is 0 Å². The predicted octanol–water partition coefficient (Wildman–Crippen LogP) is 2.13. The van der Waals surface area contributed by atoms with E-state index in [1.165, 1.54) is 37.7 Å². The normalized spacial score (nSPS) is 22.8. The van der Waals surface area contributed by atoms with Crippen molar-refractivity contribution in [3.05, 3.63) is 29.8 Å². The van der Waals surface area contributed by atoms with Crippen LogP contribution < -0.4 is 10.6 Å². The molecule has 2 N–H and O–H groups in total. The fraction of sp³-hybridized carbons (Fsp3) is 0.611. The molecule has 1 aromatic rings. The number of piperazine rings is 1. The van der Waals surface area contributed by atoms with Gasteiger partial charge in [-0.15, -0.1) is 0 Å². The molecule has 2 fully saturated rings. The smallest absolute Gasteiger partial charge is 0.241 e. The highest BCUT2D eigenvalue weighted by Gasteiger charge is 2.32. The van der Waals surface area contributed by atoms with Gasteiger partial charge in [-0.3, -0.25) is 9.69 Å². The van der Waals surface area contributed by atoms with Gasteiger partial charge in [-0.2, -0.15) is 0 Å². The Morgan fingerprint density at radius 3 is 2.36 bits per heavy atom. The van der Waals surface area contributed by atoms with E-state index >= 15 is 0 Å². The summed E-state index contributed by atoms with van der Waals surface area (Å²) in [6.07, 6.45) is 6.26. The van der Waals surface area contributed by atoms with Crippen LogP contribution in [0.3, 0.4) is 0 Å². The van der Waals surface area contributed by atoms with E-state index in [0.29, 0.717) is 6.54 Å². The van der Waals surface area contributed by atoms with Gasteiger partial charge in [0.1, 0.15) is 0 Å². The van der Waals surface area contributed by atoms with Crippen LogP contribution in [0.4, 0.5) is 5.69 Å². The van der Waals surface area contributed by atoms with Crippen LogP contribution in [0.1, 0.15) is 37.7 Å². The highest BCUT2D eigenvalue weighted by Crippen LogP contribution is 2.39. The van der Waals surface area contributed by atoms with E-state index in [2.05, 4.69) is 29.2 Å². The third kappa shape index (κ3) is 2.90. The van der Waals surface area contributed by atoms with Gasteiger partial charge in [0.15, 0.2) is 0 Å². The quantitative estimate of drug-likeness (QED) is 0.930. The molecule has 120 valence electrons. The summed E-state index contributed by atoms with van der Waals surface area (Å²) in [6, 6.07) is 8.59. The zero-order valence-corrected chi connectivity index (χ0v) is 13.6. The van der Waals surface area contributed by atoms with Gasteiger partial charge in [-0.25, -0.2) is 0 Å². The highest BCUT2D eigenvalue weighted by molar-refractivity contribution is 5.95. The third-order valence-electron chi connectivity index (χ3n) is 5.40. The summed E-state index contributed by atoms with van der Waals surface area (Å²) in [4.78, 5) is 16.1. The van der Waals surface area contributed by atoms with Crippen LogP contribution in [-0.4, -0.2) is 44.0 Å². The van der Waals surface area contributed by atoms with Crippen LogP contribution >= 0.6 is 0 Å². The lowest BCUT2D eigenvalue weighted by molar-refractivity contribution is -0.120. The van der Waals surface area contributed by atoms with Crippen molar-refractivity contribution in [1.29, 1.82) is 0 Å². The van der Waals surface area contributed by atoms with Crippen molar-refractivity contribution in [2.24, 2.45) is 5.73 Å². The molecule has 2 aliphatic rings. The van der Waals surface area contributed by atoms with Crippen molar-refractivity contribution in [3.8, 4) is 0 Å². The molecule has 22 heavy (non-hydrogen) atoms. The molecule has 1 saturated carbocycles. The van der Waals surface area contributed by atoms with E-state index in [-0.39, 0.29) is 11.3 Å². The van der Waals surface area contributed by atoms with E-state index < -0.39 is 0 Å². The Bertz CT molecular complexity index is 520. The maximum Gasteiger partial charge on any atom is 0.241 e. The summed E-state index contributed by atoms with van der Waals surface area (Å²) >= 11 is 0. The Hall–Kier alpha value is -1.39. The van der Waals surface area contributed by atoms with Crippen LogP contribution in [0.15, 0.2) is 24.3 Å². The summed E-state index contributed by atoms with van der Waals surface area (Å²) in [7, 11) is 1.99. The first kappa shape index (κ1) is 15.5. The second kappa shape index (κ2) is 6.39. The van der Waals surface area contributed by atoms with Crippen molar-refractivity contribution in [2.75, 3.05) is 38.1 Å². The van der Waals surface area contributed by atoms with Crippen molar-refractivity contribution in [3.63, 3.8) is 0 Å². The average Bonchev–Trinajstić information content (AvgIpc) is 2.56. The summed E-state index contributed by atoms with van der Waals surface area (Å²) in [5, 5.41) is 0. The lowest BCUT2D eigenvalue weighted by Crippen LogP contribution is -2.48. The largest absolute Gasteiger partial charge is 0.330 e. The minimum atomic E-state index is 0.156. The standard InChI is InChI=1S/C18H27N3O/c1-20-11-12-21(17(22)13-20)16-7-5-15(6-8-16)18(14-19)9-3-2-4-10-18/h5-8H,2-4,9-14,19H2,1H3. The van der Waals surface area contributed by atoms with E-state index in [9.17, 15) is 4.79 Å². The fourth-order valence-electron chi connectivity index (χ4n) is 3.90. The van der Waals surface area contributed by atoms with Gasteiger partial charge in [0.25, 0.3) is 0 Å². The molecule has 4 nitrogen and oxygen atoms in total. The Kier molecular flexibility index (Phi) is 4.50. The molecule has 3 rings (SSSR count). The van der Waals surface area contributed by atoms with Gasteiger partial charge < -0.3 is 10.6 Å². The number of benzene rings is 1. The third-order valence-corrected chi connectivity index (χ3v) is 5.40. The Morgan fingerprint density at radius 2 is 1.77 bits per heavy atom. The first-order valence-corrected chi connectivity index (χ1v) is 8.44. The Morgan fingerprint density at radius 1 is 1.09 bits per heavy atom. The number of carbonyl (C=O) groups is 1. The van der Waals surface area contributed by atoms with Crippen LogP contribution in [-0.2, 0) is 10.2 Å². The molecule has 1 aromatic carbocycles. The minimum absolute atomic E-state index is 0.156. The highest BCUT2D eigenvalue weighted by atomic mass is 16.2. The molecule has 1 heterocycles. The lowest BCUT2D eigenvalue weighted by Gasteiger charge is -2.37. The number of carbonyl (C=O) groups excluding carboxylic acids is 1. The summed E-state index contributed by atoms with van der Waals surface area (Å²) in [6.45, 7) is 2.94. The average molecular weight is 301 g/mol. The second-order valence-corrected chi connectivity index (χ2v) is 6.88. The maximum absolute atomic E-state index is 12.2. The first-order valence-electron chi connectivity index (χ1n) is 8.44. The minimum Gasteiger partial charge on any atom is -0.330 e. The van der Waals surface area contributed by atoms with Crippen molar-refractivity contribution < 1.29 is 4.79 Å². The molecule has 1 aliphatic carbocycles. The van der Waals surface area contributed by atoms with Crippen molar-refractivity contribution in [2.45, 2.75) is 37.5 Å². The zero-order valence-electron chi connectivity index (χ0n) is 13.6. The monoisotopic (exact) mass is 301 g/mol. The van der Waals surface area contributed by atoms with Crippen LogP contribution in [0.5, 0.6) is 0 Å². The van der Waals surface area contributed by atoms with Crippen molar-refractivity contribution in [1.82, 2.24) is 4.90 Å². The molecule has 1 amide bonds. The van der Waals surface area contributed by atoms with Gasteiger partial charge in [-0.05, 0) is 37.6 Å². The zero-order chi connectivity index (χ0) is 15.6. The van der Waals surface area contributed by atoms with Gasteiger partial charge in [0.05, 0.1) is 6.54 Å². The lowest BCUT2D eigenvalue weighted by atomic mass is 9.69. The van der Waals surface area contributed by atoms with Crippen LogP contribution in [0.25, 0.3) is 0 Å². The van der Waals surface area contributed by atoms with Gasteiger partial charge in [-0.1, -0.05) is 31.4 Å². The number of hydrogen-bond donors (Lipinski definition) is 1. The Balaban J connectivity index is 1.79. The van der Waals surface area contributed by atoms with Gasteiger partial charge in [0.2, 0.25) is 5.91 Å². The molecule has 0 aromatic heterocycles. The van der Waals surface area contributed by atoms with E-state index in [1.54, 1.807) is 0 Å². The SMILES string of the molecule is CN1CCN(c2ccc(C3(CN)CCCCC3)cc2)C(=O)C1. The van der Waals surface area contributed by atoms with Crippen LogP contribution in [0.2, 0.25) is 0 Å². The molecular formula is C18H27N3O. The molecule has 1 saturated heterocycles. The van der Waals surface area contributed by atoms with E-state index in [4.69, 9.17) is 5.73 Å². The number of nitrogens with zero attached hydrogens (tertiary/aromatic N) is 2. The number of likely N-dealkylation sites (N-methyl/N-ethyl adjacent to an activating group) is 1. The second-order valence-electron chi connectivity index (χ2n) is 6.88. The number of nitrogens with two attached hydrogens (primary N) is 1. The molecule has 0 bridgehead atoms. The molecule has 0 radical (unpaired) electrons. The first-order chi connectivity index (χ1) is 10.6. The molecule has 0 unspecified atom stereocenters. The van der Waals surface area contributed by atoms with Gasteiger partial charge in [0, 0.05) is 30.7 Å². The molecule has 1 aliphatic heterocycles. The molecule has 0 atom stereocenters. The number of hydrogen-bond acceptors (Lipinski definition) is 3. The topological polar surface area (TPSA) is 49.6 Å². The number of amides is 1. The van der Waals surface area contributed by atoms with Crippen molar-refractivity contribution >= 4 is 11.6 Å². The molecule has 0 spiro atoms. The summed E-state index contributed by atoms with van der Waals surface area (Å²) < 4.78 is 0. The molecule has 4 heteroatoms. The number of anilines is 1. The predicted molar refractivity (Wildman–Crippen MR) is 90.1 cm³/mol. The van der Waals surface area contributed by atoms with Crippen LogP contribution in [0, 0.1) is 0 Å². The Labute approximate surface area is 133 Å². The molecular weight excluding hydrogens is 274 g/mol. The van der Waals surface area contributed by atoms with E-state index in [0.717, 1.165) is 25.3 Å².